The molecule has 3 nitrogen and oxygen atoms in total. The van der Waals surface area contributed by atoms with E-state index < -0.39 is 36.9 Å². The Hall–Kier alpha value is -1.56. The SMILES string of the molecule is N[C@@H](C[C@H](CC(=O)O)C(F)(F)F)c1ccccc1. The molecule has 0 radical (unpaired) electrons. The van der Waals surface area contributed by atoms with Gasteiger partial charge in [-0.05, 0) is 12.0 Å². The van der Waals surface area contributed by atoms with Crippen LogP contribution in [0.3, 0.4) is 0 Å². The van der Waals surface area contributed by atoms with Crippen LogP contribution >= 0.6 is 0 Å². The lowest BCUT2D eigenvalue weighted by molar-refractivity contribution is -0.185. The number of hydrogen-bond donors (Lipinski definition) is 2. The van der Waals surface area contributed by atoms with E-state index in [2.05, 4.69) is 0 Å². The second kappa shape index (κ2) is 5.86. The zero-order valence-corrected chi connectivity index (χ0v) is 9.52. The Labute approximate surface area is 102 Å². The maximum Gasteiger partial charge on any atom is 0.392 e. The standard InChI is InChI=1S/C12H14F3NO2/c13-12(14,15)9(7-11(17)18)6-10(16)8-4-2-1-3-5-8/h1-5,9-10H,6-7,16H2,(H,17,18)/t9-,10+/m1/s1. The van der Waals surface area contributed by atoms with Gasteiger partial charge in [-0.15, -0.1) is 0 Å². The average molecular weight is 261 g/mol. The van der Waals surface area contributed by atoms with Crippen LogP contribution in [0.4, 0.5) is 13.2 Å². The minimum Gasteiger partial charge on any atom is -0.481 e. The molecule has 0 fully saturated rings. The first-order valence-electron chi connectivity index (χ1n) is 5.39. The van der Waals surface area contributed by atoms with Crippen molar-refractivity contribution in [3.05, 3.63) is 35.9 Å². The molecule has 0 saturated carbocycles. The highest BCUT2D eigenvalue weighted by Crippen LogP contribution is 2.35. The van der Waals surface area contributed by atoms with Crippen LogP contribution in [0, 0.1) is 5.92 Å². The Bertz CT molecular complexity index is 392. The summed E-state index contributed by atoms with van der Waals surface area (Å²) >= 11 is 0. The lowest BCUT2D eigenvalue weighted by atomic mass is 9.92. The van der Waals surface area contributed by atoms with Crippen LogP contribution in [0.15, 0.2) is 30.3 Å². The average Bonchev–Trinajstić information content (AvgIpc) is 2.27. The number of nitrogens with two attached hydrogens (primary N) is 1. The Balaban J connectivity index is 2.75. The molecule has 100 valence electrons. The zero-order valence-electron chi connectivity index (χ0n) is 9.52. The number of rotatable bonds is 5. The number of hydrogen-bond acceptors (Lipinski definition) is 2. The molecule has 6 heteroatoms. The molecule has 1 rings (SSSR count). The first-order valence-corrected chi connectivity index (χ1v) is 5.39. The molecule has 0 amide bonds. The number of halogens is 3. The Morgan fingerprint density at radius 3 is 2.28 bits per heavy atom. The van der Waals surface area contributed by atoms with Gasteiger partial charge in [-0.3, -0.25) is 4.79 Å². The Morgan fingerprint density at radius 2 is 1.83 bits per heavy atom. The van der Waals surface area contributed by atoms with Crippen molar-refractivity contribution < 1.29 is 23.1 Å². The molecular weight excluding hydrogens is 247 g/mol. The molecule has 0 aromatic heterocycles. The smallest absolute Gasteiger partial charge is 0.392 e. The lowest BCUT2D eigenvalue weighted by Crippen LogP contribution is -2.29. The van der Waals surface area contributed by atoms with Gasteiger partial charge >= 0.3 is 12.1 Å². The third-order valence-corrected chi connectivity index (χ3v) is 2.65. The summed E-state index contributed by atoms with van der Waals surface area (Å²) in [5.74, 6) is -3.40. The van der Waals surface area contributed by atoms with E-state index in [1.54, 1.807) is 30.3 Å². The van der Waals surface area contributed by atoms with E-state index in [1.165, 1.54) is 0 Å². The quantitative estimate of drug-likeness (QED) is 0.856. The molecule has 18 heavy (non-hydrogen) atoms. The second-order valence-corrected chi connectivity index (χ2v) is 4.09. The molecule has 0 aliphatic heterocycles. The molecule has 0 saturated heterocycles. The summed E-state index contributed by atoms with van der Waals surface area (Å²) in [5, 5.41) is 8.49. The number of benzene rings is 1. The van der Waals surface area contributed by atoms with E-state index in [0.717, 1.165) is 0 Å². The summed E-state index contributed by atoms with van der Waals surface area (Å²) in [7, 11) is 0. The van der Waals surface area contributed by atoms with Gasteiger partial charge in [-0.25, -0.2) is 0 Å². The van der Waals surface area contributed by atoms with Crippen molar-refractivity contribution in [1.82, 2.24) is 0 Å². The van der Waals surface area contributed by atoms with E-state index in [9.17, 15) is 18.0 Å². The fourth-order valence-electron chi connectivity index (χ4n) is 1.69. The highest BCUT2D eigenvalue weighted by Gasteiger charge is 2.41. The predicted molar refractivity (Wildman–Crippen MR) is 59.8 cm³/mol. The molecule has 0 spiro atoms. The van der Waals surface area contributed by atoms with Crippen molar-refractivity contribution in [3.8, 4) is 0 Å². The van der Waals surface area contributed by atoms with E-state index >= 15 is 0 Å². The Kier molecular flexibility index (Phi) is 4.72. The van der Waals surface area contributed by atoms with Gasteiger partial charge in [0.2, 0.25) is 0 Å². The van der Waals surface area contributed by atoms with E-state index in [1.807, 2.05) is 0 Å². The lowest BCUT2D eigenvalue weighted by Gasteiger charge is -2.22. The summed E-state index contributed by atoms with van der Waals surface area (Å²) in [6.07, 6.45) is -5.94. The first kappa shape index (κ1) is 14.5. The number of carboxylic acids is 1. The molecule has 1 aromatic rings. The number of carbonyl (C=O) groups is 1. The summed E-state index contributed by atoms with van der Waals surface area (Å²) < 4.78 is 37.9. The topological polar surface area (TPSA) is 63.3 Å². The van der Waals surface area contributed by atoms with Crippen LogP contribution in [0.2, 0.25) is 0 Å². The van der Waals surface area contributed by atoms with Crippen LogP contribution < -0.4 is 5.73 Å². The van der Waals surface area contributed by atoms with Gasteiger partial charge in [0.1, 0.15) is 0 Å². The van der Waals surface area contributed by atoms with Gasteiger partial charge in [0.15, 0.2) is 0 Å². The number of aliphatic carboxylic acids is 1. The maximum atomic E-state index is 12.6. The molecule has 0 heterocycles. The molecule has 3 N–H and O–H groups in total. The van der Waals surface area contributed by atoms with Crippen LogP contribution in [-0.2, 0) is 4.79 Å². The van der Waals surface area contributed by atoms with Gasteiger partial charge in [-0.1, -0.05) is 30.3 Å². The zero-order chi connectivity index (χ0) is 13.8. The fraction of sp³-hybridized carbons (Fsp3) is 0.417. The van der Waals surface area contributed by atoms with E-state index in [-0.39, 0.29) is 0 Å². The third kappa shape index (κ3) is 4.37. The largest absolute Gasteiger partial charge is 0.481 e. The van der Waals surface area contributed by atoms with Crippen molar-refractivity contribution >= 4 is 5.97 Å². The van der Waals surface area contributed by atoms with E-state index in [4.69, 9.17) is 10.8 Å². The second-order valence-electron chi connectivity index (χ2n) is 4.09. The van der Waals surface area contributed by atoms with Crippen LogP contribution in [0.25, 0.3) is 0 Å². The molecule has 1 aromatic carbocycles. The summed E-state index contributed by atoms with van der Waals surface area (Å²) in [6, 6.07) is 7.51. The van der Waals surface area contributed by atoms with Gasteiger partial charge in [-0.2, -0.15) is 13.2 Å². The summed E-state index contributed by atoms with van der Waals surface area (Å²) in [5.41, 5.74) is 6.24. The van der Waals surface area contributed by atoms with Crippen LogP contribution in [0.5, 0.6) is 0 Å². The molecule has 0 aliphatic carbocycles. The first-order chi connectivity index (χ1) is 8.30. The minimum absolute atomic E-state index is 0.431. The minimum atomic E-state index is -4.55. The van der Waals surface area contributed by atoms with Crippen molar-refractivity contribution in [2.45, 2.75) is 25.1 Å². The molecule has 0 unspecified atom stereocenters. The summed E-state index contributed by atoms with van der Waals surface area (Å²) in [6.45, 7) is 0. The predicted octanol–water partition coefficient (Wildman–Crippen LogP) is 2.73. The van der Waals surface area contributed by atoms with Gasteiger partial charge < -0.3 is 10.8 Å². The molecule has 0 bridgehead atoms. The van der Waals surface area contributed by atoms with Gasteiger partial charge in [0.25, 0.3) is 0 Å². The summed E-state index contributed by atoms with van der Waals surface area (Å²) in [4.78, 5) is 10.4. The molecule has 2 atom stereocenters. The molecular formula is C12H14F3NO2. The van der Waals surface area contributed by atoms with Crippen molar-refractivity contribution in [3.63, 3.8) is 0 Å². The monoisotopic (exact) mass is 261 g/mol. The molecule has 0 aliphatic rings. The van der Waals surface area contributed by atoms with Crippen molar-refractivity contribution in [1.29, 1.82) is 0 Å². The highest BCUT2D eigenvalue weighted by atomic mass is 19.4. The van der Waals surface area contributed by atoms with Crippen molar-refractivity contribution in [2.24, 2.45) is 11.7 Å². The Morgan fingerprint density at radius 1 is 1.28 bits per heavy atom. The normalized spacial score (nSPS) is 15.1. The van der Waals surface area contributed by atoms with Gasteiger partial charge in [0, 0.05) is 6.04 Å². The van der Waals surface area contributed by atoms with Crippen LogP contribution in [-0.4, -0.2) is 17.3 Å². The number of carboxylic acid groups (broad SMARTS) is 1. The van der Waals surface area contributed by atoms with Crippen molar-refractivity contribution in [2.75, 3.05) is 0 Å². The van der Waals surface area contributed by atoms with Crippen LogP contribution in [0.1, 0.15) is 24.4 Å². The van der Waals surface area contributed by atoms with E-state index in [0.29, 0.717) is 5.56 Å². The fourth-order valence-corrected chi connectivity index (χ4v) is 1.69. The number of alkyl halides is 3. The third-order valence-electron chi connectivity index (χ3n) is 2.65. The van der Waals surface area contributed by atoms with Gasteiger partial charge in [0.05, 0.1) is 12.3 Å². The maximum absolute atomic E-state index is 12.6. The highest BCUT2D eigenvalue weighted by molar-refractivity contribution is 5.67.